The highest BCUT2D eigenvalue weighted by atomic mass is 32.2. The second-order valence-electron chi connectivity index (χ2n) is 11.4. The lowest BCUT2D eigenvalue weighted by molar-refractivity contribution is -0.0907. The summed E-state index contributed by atoms with van der Waals surface area (Å²) in [6, 6.07) is 13.1. The molecule has 6 atom stereocenters. The van der Waals surface area contributed by atoms with E-state index in [9.17, 15) is 18.3 Å². The van der Waals surface area contributed by atoms with Crippen molar-refractivity contribution < 1.29 is 37.3 Å². The lowest BCUT2D eigenvalue weighted by Crippen LogP contribution is -2.48. The van der Waals surface area contributed by atoms with Crippen LogP contribution in [-0.4, -0.2) is 78.9 Å². The molecule has 3 aliphatic rings. The van der Waals surface area contributed by atoms with E-state index in [1.165, 1.54) is 18.3 Å². The van der Waals surface area contributed by atoms with Crippen LogP contribution in [0.3, 0.4) is 0 Å². The normalized spacial score (nSPS) is 24.4. The maximum absolute atomic E-state index is 14.0. The van der Waals surface area contributed by atoms with Crippen LogP contribution < -0.4 is 5.32 Å². The molecule has 1 unspecified atom stereocenters. The first-order chi connectivity index (χ1) is 20.9. The number of fused-ring (bicyclic) bond motifs is 2. The number of benzene rings is 2. The fraction of sp³-hybridized carbons (Fsp3) is 0.516. The molecule has 43 heavy (non-hydrogen) atoms. The smallest absolute Gasteiger partial charge is 0.407 e. The summed E-state index contributed by atoms with van der Waals surface area (Å²) in [6.07, 6.45) is 4.16. The molecule has 2 saturated heterocycles. The lowest BCUT2D eigenvalue weighted by Gasteiger charge is -2.29. The van der Waals surface area contributed by atoms with Crippen molar-refractivity contribution in [2.45, 2.75) is 85.9 Å². The summed E-state index contributed by atoms with van der Waals surface area (Å²) in [7, 11) is -4.06. The number of rotatable bonds is 11. The molecule has 6 rings (SSSR count). The van der Waals surface area contributed by atoms with Crippen LogP contribution in [0.1, 0.15) is 44.1 Å². The molecule has 1 saturated carbocycles. The van der Waals surface area contributed by atoms with E-state index in [0.29, 0.717) is 17.6 Å². The highest BCUT2D eigenvalue weighted by Gasteiger charge is 2.44. The average Bonchev–Trinajstić information content (AvgIpc) is 3.78. The average molecular weight is 612 g/mol. The quantitative estimate of drug-likeness (QED) is 0.330. The molecule has 12 heteroatoms. The largest absolute Gasteiger partial charge is 0.443 e. The number of sulfone groups is 1. The molecule has 11 nitrogen and oxygen atoms in total. The summed E-state index contributed by atoms with van der Waals surface area (Å²) in [4.78, 5) is 21.6. The molecule has 2 aromatic carbocycles. The van der Waals surface area contributed by atoms with Crippen molar-refractivity contribution in [3.63, 3.8) is 0 Å². The highest BCUT2D eigenvalue weighted by Crippen LogP contribution is 2.33. The fourth-order valence-corrected chi connectivity index (χ4v) is 7.74. The SMILES string of the molecule is O=C(N[C@@H](Cc1ccccc1)[C@@H](O)CC(OC1CCCC1)S(=O)(=O)c1ccc2nccnc2c1)O[C@H]1CO[C@H]2OCC[C@H]21. The maximum atomic E-state index is 14.0. The molecule has 3 fully saturated rings. The van der Waals surface area contributed by atoms with Gasteiger partial charge in [0.1, 0.15) is 6.10 Å². The van der Waals surface area contributed by atoms with Gasteiger partial charge in [0.2, 0.25) is 9.84 Å². The Morgan fingerprint density at radius 3 is 2.58 bits per heavy atom. The van der Waals surface area contributed by atoms with Gasteiger partial charge in [0, 0.05) is 18.8 Å². The Hall–Kier alpha value is -3.16. The summed E-state index contributed by atoms with van der Waals surface area (Å²) >= 11 is 0. The number of aromatic nitrogens is 2. The number of nitrogens with zero attached hydrogens (tertiary/aromatic N) is 2. The number of aliphatic hydroxyl groups excluding tert-OH is 1. The van der Waals surface area contributed by atoms with E-state index in [1.54, 1.807) is 12.3 Å². The zero-order valence-electron chi connectivity index (χ0n) is 23.8. The Morgan fingerprint density at radius 2 is 1.79 bits per heavy atom. The third-order valence-electron chi connectivity index (χ3n) is 8.51. The van der Waals surface area contributed by atoms with Crippen LogP contribution in [0.15, 0.2) is 65.8 Å². The Balaban J connectivity index is 1.22. The molecule has 0 spiro atoms. The van der Waals surface area contributed by atoms with Gasteiger partial charge >= 0.3 is 6.09 Å². The molecule has 0 bridgehead atoms. The summed E-state index contributed by atoms with van der Waals surface area (Å²) in [5.74, 6) is -0.0378. The number of hydrogen-bond donors (Lipinski definition) is 2. The van der Waals surface area contributed by atoms with Gasteiger partial charge in [-0.1, -0.05) is 43.2 Å². The van der Waals surface area contributed by atoms with Gasteiger partial charge in [-0.2, -0.15) is 0 Å². The molecular formula is C31H37N3O8S. The van der Waals surface area contributed by atoms with Gasteiger partial charge in [-0.25, -0.2) is 13.2 Å². The van der Waals surface area contributed by atoms with Gasteiger partial charge in [-0.05, 0) is 49.4 Å². The summed E-state index contributed by atoms with van der Waals surface area (Å²) in [5.41, 5.74) is 0.546. The second kappa shape index (κ2) is 13.2. The van der Waals surface area contributed by atoms with Gasteiger partial charge in [0.05, 0.1) is 53.3 Å². The zero-order valence-corrected chi connectivity index (χ0v) is 24.6. The van der Waals surface area contributed by atoms with Crippen molar-refractivity contribution in [2.24, 2.45) is 5.92 Å². The van der Waals surface area contributed by atoms with Crippen LogP contribution >= 0.6 is 0 Å². The number of hydrogen-bond acceptors (Lipinski definition) is 10. The Bertz CT molecular complexity index is 1500. The number of alkyl carbamates (subject to hydrolysis) is 1. The Labute approximate surface area is 250 Å². The van der Waals surface area contributed by atoms with Gasteiger partial charge in [-0.15, -0.1) is 0 Å². The van der Waals surface area contributed by atoms with Crippen molar-refractivity contribution in [3.05, 3.63) is 66.5 Å². The molecule has 1 aliphatic carbocycles. The summed E-state index contributed by atoms with van der Waals surface area (Å²) in [6.45, 7) is 0.785. The van der Waals surface area contributed by atoms with Crippen molar-refractivity contribution in [1.29, 1.82) is 0 Å². The van der Waals surface area contributed by atoms with Crippen molar-refractivity contribution in [2.75, 3.05) is 13.2 Å². The standard InChI is InChI=1S/C31H37N3O8S/c35-27(26(16-20-6-2-1-3-7-20)34-31(36)42-28-19-40-30-23(28)12-15-39-30)18-29(41-21-8-4-5-9-21)43(37,38)22-10-11-24-25(17-22)33-14-13-32-24/h1-3,6-7,10-11,13-14,17,21,23,26-30,35H,4-5,8-9,12,15-16,18-19H2,(H,34,36)/t23-,26-,27-,28-,29?,30+/m0/s1. The number of ether oxygens (including phenoxy) is 4. The molecule has 2 N–H and O–H groups in total. The van der Waals surface area contributed by atoms with E-state index >= 15 is 0 Å². The van der Waals surface area contributed by atoms with Crippen molar-refractivity contribution in [3.8, 4) is 0 Å². The first-order valence-electron chi connectivity index (χ1n) is 14.9. The van der Waals surface area contributed by atoms with E-state index in [1.807, 2.05) is 30.3 Å². The predicted molar refractivity (Wildman–Crippen MR) is 156 cm³/mol. The van der Waals surface area contributed by atoms with Crippen LogP contribution in [0, 0.1) is 5.92 Å². The Morgan fingerprint density at radius 1 is 1.02 bits per heavy atom. The maximum Gasteiger partial charge on any atom is 0.407 e. The van der Waals surface area contributed by atoms with Crippen LogP contribution in [0.4, 0.5) is 4.79 Å². The highest BCUT2D eigenvalue weighted by molar-refractivity contribution is 7.92. The van der Waals surface area contributed by atoms with Crippen molar-refractivity contribution >= 4 is 27.0 Å². The van der Waals surface area contributed by atoms with Crippen LogP contribution in [0.5, 0.6) is 0 Å². The third-order valence-corrected chi connectivity index (χ3v) is 10.4. The Kier molecular flexibility index (Phi) is 9.20. The molecule has 230 valence electrons. The van der Waals surface area contributed by atoms with Gasteiger partial charge in [-0.3, -0.25) is 9.97 Å². The van der Waals surface area contributed by atoms with E-state index < -0.39 is 39.6 Å². The van der Waals surface area contributed by atoms with Gasteiger partial charge in [0.25, 0.3) is 0 Å². The molecular weight excluding hydrogens is 574 g/mol. The minimum Gasteiger partial charge on any atom is -0.443 e. The topological polar surface area (TPSA) is 146 Å². The van der Waals surface area contributed by atoms with E-state index in [0.717, 1.165) is 37.7 Å². The molecule has 0 radical (unpaired) electrons. The van der Waals surface area contributed by atoms with Gasteiger partial charge in [0.15, 0.2) is 11.7 Å². The monoisotopic (exact) mass is 611 g/mol. The minimum atomic E-state index is -4.06. The van der Waals surface area contributed by atoms with Crippen molar-refractivity contribution in [1.82, 2.24) is 15.3 Å². The van der Waals surface area contributed by atoms with Crippen LogP contribution in [0.25, 0.3) is 11.0 Å². The number of carbonyl (C=O) groups is 1. The molecule has 3 heterocycles. The first kappa shape index (κ1) is 29.9. The third kappa shape index (κ3) is 6.99. The number of carbonyl (C=O) groups excluding carboxylic acids is 1. The summed E-state index contributed by atoms with van der Waals surface area (Å²) < 4.78 is 51.1. The van der Waals surface area contributed by atoms with E-state index in [4.69, 9.17) is 18.9 Å². The predicted octanol–water partition coefficient (Wildman–Crippen LogP) is 3.54. The van der Waals surface area contributed by atoms with E-state index in [-0.39, 0.29) is 42.7 Å². The molecule has 3 aromatic rings. The summed E-state index contributed by atoms with van der Waals surface area (Å²) in [5, 5.41) is 14.4. The molecule has 2 aliphatic heterocycles. The lowest BCUT2D eigenvalue weighted by atomic mass is 9.99. The number of amides is 1. The number of aliphatic hydroxyl groups is 1. The zero-order chi connectivity index (χ0) is 29.8. The molecule has 1 amide bonds. The second-order valence-corrected chi connectivity index (χ2v) is 13.5. The number of nitrogens with one attached hydrogen (secondary N) is 1. The van der Waals surface area contributed by atoms with Gasteiger partial charge < -0.3 is 29.4 Å². The van der Waals surface area contributed by atoms with Crippen LogP contribution in [-0.2, 0) is 35.2 Å². The van der Waals surface area contributed by atoms with E-state index in [2.05, 4.69) is 15.3 Å². The molecule has 1 aromatic heterocycles. The first-order valence-corrected chi connectivity index (χ1v) is 16.4. The minimum absolute atomic E-state index is 0.0378. The van der Waals surface area contributed by atoms with Crippen LogP contribution in [0.2, 0.25) is 0 Å². The fourth-order valence-electron chi connectivity index (χ4n) is 6.15.